The molecule has 140 valence electrons. The molecule has 25 heavy (non-hydrogen) atoms. The molecule has 0 aromatic carbocycles. The van der Waals surface area contributed by atoms with Crippen molar-refractivity contribution >= 4 is 17.9 Å². The van der Waals surface area contributed by atoms with Crippen molar-refractivity contribution in [3.05, 3.63) is 36.1 Å². The Morgan fingerprint density at radius 2 is 1.44 bits per heavy atom. The van der Waals surface area contributed by atoms with Gasteiger partial charge in [-0.05, 0) is 53.4 Å². The fraction of sp³-hybridized carbons (Fsp3) is 0.526. The van der Waals surface area contributed by atoms with E-state index in [0.717, 1.165) is 19.1 Å². The number of carbonyl (C=O) groups excluding carboxylic acids is 2. The van der Waals surface area contributed by atoms with Crippen LogP contribution in [0.1, 0.15) is 59.8 Å². The minimum atomic E-state index is -1.12. The van der Waals surface area contributed by atoms with Crippen molar-refractivity contribution in [3.63, 3.8) is 0 Å². The molecular formula is C19H28O6. The molecule has 0 saturated heterocycles. The molecule has 1 N–H and O–H groups in total. The summed E-state index contributed by atoms with van der Waals surface area (Å²) in [5.41, 5.74) is 0.453. The molecule has 1 rings (SSSR count). The maximum atomic E-state index is 11.3. The lowest BCUT2D eigenvalue weighted by Crippen LogP contribution is -2.34. The van der Waals surface area contributed by atoms with Crippen LogP contribution < -0.4 is 0 Å². The van der Waals surface area contributed by atoms with Gasteiger partial charge in [0.1, 0.15) is 11.9 Å². The van der Waals surface area contributed by atoms with Crippen LogP contribution in [-0.4, -0.2) is 28.6 Å². The van der Waals surface area contributed by atoms with Gasteiger partial charge in [0.05, 0.1) is 5.57 Å². The van der Waals surface area contributed by atoms with Gasteiger partial charge in [-0.25, -0.2) is 14.4 Å². The van der Waals surface area contributed by atoms with Gasteiger partial charge in [0, 0.05) is 11.1 Å². The Labute approximate surface area is 149 Å². The number of hydrogen-bond donors (Lipinski definition) is 1. The third-order valence-electron chi connectivity index (χ3n) is 3.63. The molecule has 0 unspecified atom stereocenters. The quantitative estimate of drug-likeness (QED) is 0.458. The van der Waals surface area contributed by atoms with E-state index in [0.29, 0.717) is 5.57 Å². The average Bonchev–Trinajstić information content (AvgIpc) is 2.52. The lowest BCUT2D eigenvalue weighted by molar-refractivity contribution is -0.156. The second-order valence-corrected chi connectivity index (χ2v) is 6.47. The summed E-state index contributed by atoms with van der Waals surface area (Å²) in [6.45, 7) is 13.4. The fourth-order valence-electron chi connectivity index (χ4n) is 2.01. The van der Waals surface area contributed by atoms with E-state index >= 15 is 0 Å². The molecule has 0 amide bonds. The second-order valence-electron chi connectivity index (χ2n) is 6.47. The Hall–Kier alpha value is -2.37. The Morgan fingerprint density at radius 3 is 1.84 bits per heavy atom. The Kier molecular flexibility index (Phi) is 9.49. The minimum Gasteiger partial charge on any atom is -0.478 e. The number of ether oxygens (including phenoxy) is 2. The number of carboxylic acid groups (broad SMARTS) is 1. The summed E-state index contributed by atoms with van der Waals surface area (Å²) in [6, 6.07) is 0. The predicted molar refractivity (Wildman–Crippen MR) is 94.7 cm³/mol. The first-order valence-corrected chi connectivity index (χ1v) is 8.14. The largest absolute Gasteiger partial charge is 0.478 e. The van der Waals surface area contributed by atoms with Crippen LogP contribution in [0.3, 0.4) is 0 Å². The number of aliphatic carboxylic acids is 1. The predicted octanol–water partition coefficient (Wildman–Crippen LogP) is 3.92. The highest BCUT2D eigenvalue weighted by atomic mass is 16.6. The SMILES string of the molecule is C=C(C)C(=O)OC1(C)CCCCC1.C=C(C)C(=O)OC=C(C)C(=O)O. The highest BCUT2D eigenvalue weighted by Crippen LogP contribution is 2.31. The van der Waals surface area contributed by atoms with E-state index in [-0.39, 0.29) is 22.7 Å². The molecule has 6 nitrogen and oxygen atoms in total. The van der Waals surface area contributed by atoms with Gasteiger partial charge in [0.15, 0.2) is 0 Å². The van der Waals surface area contributed by atoms with Gasteiger partial charge in [0.2, 0.25) is 0 Å². The van der Waals surface area contributed by atoms with Crippen LogP contribution in [0.15, 0.2) is 36.1 Å². The van der Waals surface area contributed by atoms with E-state index < -0.39 is 11.9 Å². The van der Waals surface area contributed by atoms with E-state index in [1.54, 1.807) is 6.92 Å². The summed E-state index contributed by atoms with van der Waals surface area (Å²) < 4.78 is 9.85. The summed E-state index contributed by atoms with van der Waals surface area (Å²) in [5.74, 6) is -2.00. The first-order valence-electron chi connectivity index (χ1n) is 8.14. The molecule has 1 aliphatic carbocycles. The summed E-state index contributed by atoms with van der Waals surface area (Å²) in [4.78, 5) is 32.2. The third kappa shape index (κ3) is 9.49. The minimum absolute atomic E-state index is 0.0374. The molecule has 0 heterocycles. The molecule has 1 aliphatic rings. The van der Waals surface area contributed by atoms with Crippen molar-refractivity contribution in [1.29, 1.82) is 0 Å². The van der Waals surface area contributed by atoms with Crippen molar-refractivity contribution in [2.75, 3.05) is 0 Å². The van der Waals surface area contributed by atoms with Gasteiger partial charge < -0.3 is 14.6 Å². The van der Waals surface area contributed by atoms with Crippen LogP contribution in [0.4, 0.5) is 0 Å². The maximum Gasteiger partial charge on any atom is 0.337 e. The monoisotopic (exact) mass is 352 g/mol. The van der Waals surface area contributed by atoms with Gasteiger partial charge in [-0.1, -0.05) is 19.6 Å². The normalized spacial score (nSPS) is 15.9. The summed E-state index contributed by atoms with van der Waals surface area (Å²) in [5, 5.41) is 8.35. The van der Waals surface area contributed by atoms with E-state index in [4.69, 9.17) is 9.84 Å². The number of rotatable bonds is 5. The second kappa shape index (κ2) is 10.5. The smallest absolute Gasteiger partial charge is 0.337 e. The molecule has 0 radical (unpaired) electrons. The molecule has 0 atom stereocenters. The zero-order chi connectivity index (χ0) is 19.6. The van der Waals surface area contributed by atoms with Crippen LogP contribution in [-0.2, 0) is 23.9 Å². The topological polar surface area (TPSA) is 89.9 Å². The molecule has 1 saturated carbocycles. The van der Waals surface area contributed by atoms with E-state index in [1.807, 2.05) is 6.92 Å². The zero-order valence-electron chi connectivity index (χ0n) is 15.5. The fourth-order valence-corrected chi connectivity index (χ4v) is 2.01. The number of carboxylic acids is 1. The molecule has 0 aliphatic heterocycles. The summed E-state index contributed by atoms with van der Waals surface area (Å²) >= 11 is 0. The highest BCUT2D eigenvalue weighted by molar-refractivity contribution is 5.89. The lowest BCUT2D eigenvalue weighted by atomic mass is 9.86. The van der Waals surface area contributed by atoms with Gasteiger partial charge in [-0.15, -0.1) is 0 Å². The Bertz CT molecular complexity index is 564. The van der Waals surface area contributed by atoms with Gasteiger partial charge in [-0.2, -0.15) is 0 Å². The Morgan fingerprint density at radius 1 is 0.960 bits per heavy atom. The van der Waals surface area contributed by atoms with Crippen LogP contribution in [0.5, 0.6) is 0 Å². The first kappa shape index (κ1) is 22.6. The highest BCUT2D eigenvalue weighted by Gasteiger charge is 2.30. The van der Waals surface area contributed by atoms with Crippen LogP contribution in [0.2, 0.25) is 0 Å². The average molecular weight is 352 g/mol. The number of hydrogen-bond acceptors (Lipinski definition) is 5. The molecule has 0 bridgehead atoms. The molecule has 0 aromatic heterocycles. The molecule has 6 heteroatoms. The molecular weight excluding hydrogens is 324 g/mol. The Balaban J connectivity index is 0.000000463. The van der Waals surface area contributed by atoms with E-state index in [1.165, 1.54) is 33.1 Å². The summed E-state index contributed by atoms with van der Waals surface area (Å²) in [6.07, 6.45) is 6.47. The van der Waals surface area contributed by atoms with Crippen molar-refractivity contribution in [1.82, 2.24) is 0 Å². The third-order valence-corrected chi connectivity index (χ3v) is 3.63. The lowest BCUT2D eigenvalue weighted by Gasteiger charge is -2.33. The van der Waals surface area contributed by atoms with Crippen LogP contribution in [0, 0.1) is 0 Å². The first-order chi connectivity index (χ1) is 11.5. The van der Waals surface area contributed by atoms with Crippen molar-refractivity contribution in [2.45, 2.75) is 65.4 Å². The number of carbonyl (C=O) groups is 3. The van der Waals surface area contributed by atoms with Gasteiger partial charge in [-0.3, -0.25) is 0 Å². The van der Waals surface area contributed by atoms with Crippen molar-refractivity contribution in [3.8, 4) is 0 Å². The van der Waals surface area contributed by atoms with Crippen molar-refractivity contribution in [2.24, 2.45) is 0 Å². The van der Waals surface area contributed by atoms with Crippen LogP contribution in [0.25, 0.3) is 0 Å². The standard InChI is InChI=1S/C11H18O2.C8H10O4/c1-9(2)10(12)13-11(3)7-5-4-6-8-11;1-5(2)8(11)12-4-6(3)7(9)10/h1,4-8H2,2-3H3;4H,1H2,2-3H3,(H,9,10). The molecule has 1 fully saturated rings. The van der Waals surface area contributed by atoms with Crippen molar-refractivity contribution < 1.29 is 29.0 Å². The van der Waals surface area contributed by atoms with E-state index in [2.05, 4.69) is 17.9 Å². The van der Waals surface area contributed by atoms with Gasteiger partial charge in [0.25, 0.3) is 0 Å². The molecule has 0 aromatic rings. The molecule has 0 spiro atoms. The summed E-state index contributed by atoms with van der Waals surface area (Å²) in [7, 11) is 0. The zero-order valence-corrected chi connectivity index (χ0v) is 15.5. The van der Waals surface area contributed by atoms with Crippen LogP contribution >= 0.6 is 0 Å². The van der Waals surface area contributed by atoms with E-state index in [9.17, 15) is 14.4 Å². The number of esters is 2. The van der Waals surface area contributed by atoms with Gasteiger partial charge >= 0.3 is 17.9 Å². The maximum absolute atomic E-state index is 11.3.